The van der Waals surface area contributed by atoms with Crippen LogP contribution in [0.4, 0.5) is 11.4 Å². The Hall–Kier alpha value is -4.06. The fourth-order valence-corrected chi connectivity index (χ4v) is 7.48. The van der Waals surface area contributed by atoms with Crippen LogP contribution in [0.3, 0.4) is 0 Å². The van der Waals surface area contributed by atoms with Gasteiger partial charge < -0.3 is 0 Å². The van der Waals surface area contributed by atoms with Gasteiger partial charge in [-0.25, -0.2) is 16.8 Å². The fourth-order valence-electron chi connectivity index (χ4n) is 3.96. The van der Waals surface area contributed by atoms with Crippen molar-refractivity contribution in [3.05, 3.63) is 107 Å². The molecule has 0 amide bonds. The molecule has 0 spiro atoms. The van der Waals surface area contributed by atoms with Gasteiger partial charge in [-0.05, 0) is 73.5 Å². The minimum atomic E-state index is -4.91. The third-order valence-electron chi connectivity index (χ3n) is 6.19. The van der Waals surface area contributed by atoms with Crippen molar-refractivity contribution in [3.63, 3.8) is 0 Å². The molecule has 4 aromatic carbocycles. The first kappa shape index (κ1) is 32.8. The van der Waals surface area contributed by atoms with E-state index in [0.29, 0.717) is 0 Å². The van der Waals surface area contributed by atoms with Gasteiger partial charge in [0, 0.05) is 0 Å². The first-order valence-electron chi connectivity index (χ1n) is 12.5. The van der Waals surface area contributed by atoms with Gasteiger partial charge in [-0.2, -0.15) is 16.8 Å². The van der Waals surface area contributed by atoms with Crippen molar-refractivity contribution in [2.45, 2.75) is 33.4 Å². The average molecular weight is 679 g/mol. The van der Waals surface area contributed by atoms with Gasteiger partial charge in [0.25, 0.3) is 40.3 Å². The van der Waals surface area contributed by atoms with Gasteiger partial charge in [0.15, 0.2) is 0 Å². The Morgan fingerprint density at radius 1 is 0.500 bits per heavy atom. The summed E-state index contributed by atoms with van der Waals surface area (Å²) in [5.74, 6) is 0. The van der Waals surface area contributed by atoms with Crippen LogP contribution in [0.1, 0.15) is 22.3 Å². The average Bonchev–Trinajstić information content (AvgIpc) is 2.92. The summed E-state index contributed by atoms with van der Waals surface area (Å²) >= 11 is 0. The molecule has 0 aliphatic heterocycles. The molecule has 0 radical (unpaired) electrons. The van der Waals surface area contributed by atoms with Crippen molar-refractivity contribution >= 4 is 63.8 Å². The first-order chi connectivity index (χ1) is 20.3. The highest BCUT2D eigenvalue weighted by molar-refractivity contribution is 7.93. The van der Waals surface area contributed by atoms with E-state index < -0.39 is 50.1 Å². The lowest BCUT2D eigenvalue weighted by atomic mass is 10.1. The summed E-state index contributed by atoms with van der Waals surface area (Å²) in [5.41, 5.74) is 0.971. The van der Waals surface area contributed by atoms with Gasteiger partial charge in [0.1, 0.15) is 9.79 Å². The Kier molecular flexibility index (Phi) is 9.06. The number of nitrogens with one attached hydrogen (secondary N) is 2. The Morgan fingerprint density at radius 3 is 1.11 bits per heavy atom. The molecule has 16 heteroatoms. The van der Waals surface area contributed by atoms with E-state index in [2.05, 4.69) is 9.44 Å². The summed E-state index contributed by atoms with van der Waals surface area (Å²) in [5, 5.41) is 0. The Labute approximate surface area is 255 Å². The Bertz CT molecular complexity index is 2040. The van der Waals surface area contributed by atoms with Crippen molar-refractivity contribution in [1.82, 2.24) is 0 Å². The predicted octanol–water partition coefficient (Wildman–Crippen LogP) is 4.57. The zero-order chi connectivity index (χ0) is 32.5. The van der Waals surface area contributed by atoms with E-state index >= 15 is 0 Å². The van der Waals surface area contributed by atoms with Crippen LogP contribution in [-0.2, 0) is 40.3 Å². The molecule has 0 aliphatic carbocycles. The minimum absolute atomic E-state index is 0.0807. The van der Waals surface area contributed by atoms with Gasteiger partial charge in [0.05, 0.1) is 21.2 Å². The number of anilines is 2. The third kappa shape index (κ3) is 7.90. The van der Waals surface area contributed by atoms with E-state index in [1.807, 2.05) is 0 Å². The number of benzene rings is 4. The van der Waals surface area contributed by atoms with E-state index in [4.69, 9.17) is 0 Å². The normalized spacial score (nSPS) is 12.7. The molecule has 232 valence electrons. The van der Waals surface area contributed by atoms with Crippen LogP contribution in [0.25, 0.3) is 12.2 Å². The van der Waals surface area contributed by atoms with Crippen LogP contribution in [0, 0.1) is 13.8 Å². The molecule has 0 heterocycles. The smallest absolute Gasteiger partial charge is 0.282 e. The summed E-state index contributed by atoms with van der Waals surface area (Å²) in [6, 6.07) is 18.4. The lowest BCUT2D eigenvalue weighted by Gasteiger charge is -2.12. The molecule has 0 bridgehead atoms. The first-order valence-corrected chi connectivity index (χ1v) is 18.3. The topological polar surface area (TPSA) is 201 Å². The van der Waals surface area contributed by atoms with Crippen molar-refractivity contribution in [3.8, 4) is 0 Å². The van der Waals surface area contributed by atoms with Crippen molar-refractivity contribution in [1.29, 1.82) is 0 Å². The van der Waals surface area contributed by atoms with E-state index in [1.165, 1.54) is 48.5 Å². The molecule has 0 aromatic heterocycles. The molecule has 0 atom stereocenters. The standard InChI is InChI=1S/C28H26N2O10S4/c1-19-3-13-25(14-4-19)41(31,32)29-23-11-9-21(27(17-23)43(35,36)37)7-8-22-10-12-24(18-28(22)44(38,39)40)30-42(33,34)26-15-5-20(2)6-16-26/h3-18,29-30H,1-2H3,(H,35,36,37)(H,38,39,40)/b8-7+. The molecule has 4 aromatic rings. The van der Waals surface area contributed by atoms with Crippen LogP contribution >= 0.6 is 0 Å². The van der Waals surface area contributed by atoms with Crippen molar-refractivity contribution in [2.24, 2.45) is 0 Å². The molecular weight excluding hydrogens is 653 g/mol. The van der Waals surface area contributed by atoms with E-state index in [0.717, 1.165) is 35.4 Å². The Morgan fingerprint density at radius 2 is 0.818 bits per heavy atom. The molecule has 0 aliphatic rings. The molecule has 12 nitrogen and oxygen atoms in total. The predicted molar refractivity (Wildman–Crippen MR) is 165 cm³/mol. The minimum Gasteiger partial charge on any atom is -0.282 e. The second-order valence-corrected chi connectivity index (χ2v) is 15.8. The van der Waals surface area contributed by atoms with Gasteiger partial charge in [-0.15, -0.1) is 0 Å². The number of hydrogen-bond donors (Lipinski definition) is 4. The number of hydrogen-bond acceptors (Lipinski definition) is 8. The molecular formula is C28H26N2O10S4. The Balaban J connectivity index is 1.68. The SMILES string of the molecule is Cc1ccc(S(=O)(=O)Nc2ccc(/C=C/c3ccc(NS(=O)(=O)c4ccc(C)cc4)cc3S(=O)(=O)O)c(S(=O)(=O)O)c2)cc1. The van der Waals surface area contributed by atoms with Crippen molar-refractivity contribution in [2.75, 3.05) is 9.44 Å². The molecule has 0 saturated carbocycles. The lowest BCUT2D eigenvalue weighted by Crippen LogP contribution is -2.14. The molecule has 44 heavy (non-hydrogen) atoms. The maximum absolute atomic E-state index is 12.7. The van der Waals surface area contributed by atoms with Gasteiger partial charge in [-0.3, -0.25) is 18.5 Å². The molecule has 4 N–H and O–H groups in total. The molecule has 0 saturated heterocycles. The number of rotatable bonds is 10. The summed E-state index contributed by atoms with van der Waals surface area (Å²) in [6.07, 6.45) is 2.23. The summed E-state index contributed by atoms with van der Waals surface area (Å²) in [7, 11) is -18.0. The van der Waals surface area contributed by atoms with Gasteiger partial charge in [-0.1, -0.05) is 59.7 Å². The number of aryl methyl sites for hydroxylation is 2. The zero-order valence-corrected chi connectivity index (χ0v) is 26.3. The van der Waals surface area contributed by atoms with Crippen LogP contribution in [0.15, 0.2) is 105 Å². The quantitative estimate of drug-likeness (QED) is 0.136. The highest BCUT2D eigenvalue weighted by atomic mass is 32.2. The maximum Gasteiger partial charge on any atom is 0.295 e. The van der Waals surface area contributed by atoms with E-state index in [9.17, 15) is 42.8 Å². The van der Waals surface area contributed by atoms with E-state index in [1.54, 1.807) is 38.1 Å². The van der Waals surface area contributed by atoms with Crippen molar-refractivity contribution < 1.29 is 42.8 Å². The highest BCUT2D eigenvalue weighted by Gasteiger charge is 2.21. The fraction of sp³-hybridized carbons (Fsp3) is 0.0714. The van der Waals surface area contributed by atoms with Crippen LogP contribution in [-0.4, -0.2) is 42.8 Å². The van der Waals surface area contributed by atoms with E-state index in [-0.39, 0.29) is 32.3 Å². The maximum atomic E-state index is 12.7. The molecule has 4 rings (SSSR count). The zero-order valence-electron chi connectivity index (χ0n) is 23.0. The molecule has 0 fully saturated rings. The monoisotopic (exact) mass is 678 g/mol. The highest BCUT2D eigenvalue weighted by Crippen LogP contribution is 2.28. The van der Waals surface area contributed by atoms with Crippen LogP contribution < -0.4 is 9.44 Å². The molecule has 0 unspecified atom stereocenters. The van der Waals surface area contributed by atoms with Crippen LogP contribution in [0.5, 0.6) is 0 Å². The van der Waals surface area contributed by atoms with Gasteiger partial charge >= 0.3 is 0 Å². The summed E-state index contributed by atoms with van der Waals surface area (Å²) in [6.45, 7) is 3.55. The summed E-state index contributed by atoms with van der Waals surface area (Å²) in [4.78, 5) is -1.56. The van der Waals surface area contributed by atoms with Crippen LogP contribution in [0.2, 0.25) is 0 Å². The largest absolute Gasteiger partial charge is 0.295 e. The lowest BCUT2D eigenvalue weighted by molar-refractivity contribution is 0.480. The van der Waals surface area contributed by atoms with Gasteiger partial charge in [0.2, 0.25) is 0 Å². The third-order valence-corrected chi connectivity index (χ3v) is 10.8. The number of sulfonamides is 2. The second-order valence-electron chi connectivity index (χ2n) is 9.63. The summed E-state index contributed by atoms with van der Waals surface area (Å²) < 4.78 is 124. The second kappa shape index (κ2) is 12.1.